The van der Waals surface area contributed by atoms with Crippen molar-refractivity contribution in [2.75, 3.05) is 6.61 Å². The van der Waals surface area contributed by atoms with Crippen LogP contribution >= 0.6 is 0 Å². The number of fused-ring (bicyclic) bond motifs is 1. The smallest absolute Gasteiger partial charge is 0.121 e. The first kappa shape index (κ1) is 9.93. The van der Waals surface area contributed by atoms with Gasteiger partial charge in [0.25, 0.3) is 0 Å². The Bertz CT molecular complexity index is 454. The molecule has 1 atom stereocenters. The van der Waals surface area contributed by atoms with Crippen LogP contribution in [0, 0.1) is 0 Å². The highest BCUT2D eigenvalue weighted by molar-refractivity contribution is 5.79. The van der Waals surface area contributed by atoms with E-state index in [1.807, 2.05) is 37.3 Å². The number of hydrogen-bond donors (Lipinski definition) is 1. The van der Waals surface area contributed by atoms with E-state index in [1.165, 1.54) is 0 Å². The molecule has 2 N–H and O–H groups in total. The maximum absolute atomic E-state index is 5.61. The second-order valence-corrected chi connectivity index (χ2v) is 3.65. The van der Waals surface area contributed by atoms with Crippen LogP contribution in [-0.4, -0.2) is 17.6 Å². The van der Waals surface area contributed by atoms with Crippen molar-refractivity contribution in [3.63, 3.8) is 0 Å². The van der Waals surface area contributed by atoms with Crippen molar-refractivity contribution in [1.29, 1.82) is 0 Å². The van der Waals surface area contributed by atoms with E-state index in [1.54, 1.807) is 6.20 Å². The topological polar surface area (TPSA) is 48.1 Å². The van der Waals surface area contributed by atoms with E-state index in [2.05, 4.69) is 4.98 Å². The summed E-state index contributed by atoms with van der Waals surface area (Å²) in [4.78, 5) is 4.26. The van der Waals surface area contributed by atoms with Crippen molar-refractivity contribution in [3.8, 4) is 5.75 Å². The van der Waals surface area contributed by atoms with E-state index in [0.29, 0.717) is 6.61 Å². The third kappa shape index (κ3) is 2.44. The summed E-state index contributed by atoms with van der Waals surface area (Å²) in [6.45, 7) is 2.44. The summed E-state index contributed by atoms with van der Waals surface area (Å²) in [6, 6.07) is 9.86. The van der Waals surface area contributed by atoms with Crippen molar-refractivity contribution in [3.05, 3.63) is 36.5 Å². The second-order valence-electron chi connectivity index (χ2n) is 3.65. The molecule has 0 bridgehead atoms. The zero-order valence-electron chi connectivity index (χ0n) is 8.68. The summed E-state index contributed by atoms with van der Waals surface area (Å²) in [5.41, 5.74) is 6.56. The van der Waals surface area contributed by atoms with E-state index >= 15 is 0 Å². The van der Waals surface area contributed by atoms with Gasteiger partial charge in [0.1, 0.15) is 12.4 Å². The van der Waals surface area contributed by atoms with Crippen LogP contribution in [0.1, 0.15) is 6.92 Å². The van der Waals surface area contributed by atoms with Crippen LogP contribution < -0.4 is 10.5 Å². The van der Waals surface area contributed by atoms with Gasteiger partial charge in [-0.25, -0.2) is 0 Å². The lowest BCUT2D eigenvalue weighted by molar-refractivity contribution is 0.296. The molecule has 1 aromatic heterocycles. The number of nitrogens with zero attached hydrogens (tertiary/aromatic N) is 1. The Hall–Kier alpha value is -1.61. The SMILES string of the molecule is CC(N)COc1ccc2cccnc2c1. The van der Waals surface area contributed by atoms with E-state index < -0.39 is 0 Å². The molecule has 15 heavy (non-hydrogen) atoms. The zero-order valence-corrected chi connectivity index (χ0v) is 8.68. The number of ether oxygens (including phenoxy) is 1. The van der Waals surface area contributed by atoms with Gasteiger partial charge in [-0.1, -0.05) is 6.07 Å². The largest absolute Gasteiger partial charge is 0.492 e. The average Bonchev–Trinajstić information content (AvgIpc) is 2.26. The standard InChI is InChI=1S/C12H14N2O/c1-9(13)8-15-11-5-4-10-3-2-6-14-12(10)7-11/h2-7,9H,8,13H2,1H3. The Labute approximate surface area is 88.9 Å². The molecule has 0 aliphatic carbocycles. The van der Waals surface area contributed by atoms with E-state index in [9.17, 15) is 0 Å². The lowest BCUT2D eigenvalue weighted by Gasteiger charge is -2.08. The molecule has 0 saturated heterocycles. The number of hydrogen-bond acceptors (Lipinski definition) is 3. The van der Waals surface area contributed by atoms with E-state index in [0.717, 1.165) is 16.7 Å². The minimum atomic E-state index is 0.0458. The highest BCUT2D eigenvalue weighted by Gasteiger charge is 1.99. The molecule has 1 aromatic carbocycles. The van der Waals surface area contributed by atoms with Gasteiger partial charge < -0.3 is 10.5 Å². The molecule has 0 aliphatic rings. The Morgan fingerprint density at radius 2 is 2.27 bits per heavy atom. The van der Waals surface area contributed by atoms with Crippen molar-refractivity contribution in [2.45, 2.75) is 13.0 Å². The fourth-order valence-electron chi connectivity index (χ4n) is 1.36. The average molecular weight is 202 g/mol. The fraction of sp³-hybridized carbons (Fsp3) is 0.250. The van der Waals surface area contributed by atoms with Crippen molar-refractivity contribution >= 4 is 10.9 Å². The van der Waals surface area contributed by atoms with Crippen LogP contribution in [0.5, 0.6) is 5.75 Å². The molecule has 1 unspecified atom stereocenters. The summed E-state index contributed by atoms with van der Waals surface area (Å²) < 4.78 is 5.51. The maximum Gasteiger partial charge on any atom is 0.121 e. The number of benzene rings is 1. The van der Waals surface area contributed by atoms with Gasteiger partial charge in [0, 0.05) is 23.7 Å². The number of pyridine rings is 1. The zero-order chi connectivity index (χ0) is 10.7. The van der Waals surface area contributed by atoms with E-state index in [4.69, 9.17) is 10.5 Å². The molecular weight excluding hydrogens is 188 g/mol. The highest BCUT2D eigenvalue weighted by Crippen LogP contribution is 2.18. The van der Waals surface area contributed by atoms with Crippen LogP contribution in [0.4, 0.5) is 0 Å². The van der Waals surface area contributed by atoms with Gasteiger partial charge >= 0.3 is 0 Å². The summed E-state index contributed by atoms with van der Waals surface area (Å²) >= 11 is 0. The Morgan fingerprint density at radius 1 is 1.40 bits per heavy atom. The normalized spacial score (nSPS) is 12.7. The van der Waals surface area contributed by atoms with Gasteiger partial charge in [-0.2, -0.15) is 0 Å². The van der Waals surface area contributed by atoms with Gasteiger partial charge in [-0.3, -0.25) is 4.98 Å². The van der Waals surface area contributed by atoms with Crippen LogP contribution in [-0.2, 0) is 0 Å². The van der Waals surface area contributed by atoms with Gasteiger partial charge in [0.15, 0.2) is 0 Å². The lowest BCUT2D eigenvalue weighted by Crippen LogP contribution is -2.23. The minimum absolute atomic E-state index is 0.0458. The number of nitrogens with two attached hydrogens (primary N) is 1. The van der Waals surface area contributed by atoms with Crippen molar-refractivity contribution in [1.82, 2.24) is 4.98 Å². The van der Waals surface area contributed by atoms with Gasteiger partial charge in [0.05, 0.1) is 5.52 Å². The van der Waals surface area contributed by atoms with Crippen LogP contribution in [0.3, 0.4) is 0 Å². The van der Waals surface area contributed by atoms with Crippen LogP contribution in [0.15, 0.2) is 36.5 Å². The second kappa shape index (κ2) is 4.28. The summed E-state index contributed by atoms with van der Waals surface area (Å²) in [7, 11) is 0. The third-order valence-corrected chi connectivity index (χ3v) is 2.09. The molecule has 3 nitrogen and oxygen atoms in total. The maximum atomic E-state index is 5.61. The molecule has 0 aliphatic heterocycles. The first-order valence-electron chi connectivity index (χ1n) is 4.99. The van der Waals surface area contributed by atoms with Crippen LogP contribution in [0.2, 0.25) is 0 Å². The van der Waals surface area contributed by atoms with Crippen LogP contribution in [0.25, 0.3) is 10.9 Å². The third-order valence-electron chi connectivity index (χ3n) is 2.09. The molecule has 0 spiro atoms. The fourth-order valence-corrected chi connectivity index (χ4v) is 1.36. The molecule has 3 heteroatoms. The Morgan fingerprint density at radius 3 is 3.07 bits per heavy atom. The minimum Gasteiger partial charge on any atom is -0.492 e. The lowest BCUT2D eigenvalue weighted by atomic mass is 10.2. The Balaban J connectivity index is 2.23. The summed E-state index contributed by atoms with van der Waals surface area (Å²) in [5.74, 6) is 0.818. The quantitative estimate of drug-likeness (QED) is 0.827. The molecule has 0 fully saturated rings. The molecule has 0 saturated carbocycles. The van der Waals surface area contributed by atoms with Gasteiger partial charge in [-0.05, 0) is 25.1 Å². The monoisotopic (exact) mass is 202 g/mol. The molecular formula is C12H14N2O. The summed E-state index contributed by atoms with van der Waals surface area (Å²) in [5, 5.41) is 1.12. The molecule has 2 aromatic rings. The van der Waals surface area contributed by atoms with Crippen molar-refractivity contribution < 1.29 is 4.74 Å². The highest BCUT2D eigenvalue weighted by atomic mass is 16.5. The summed E-state index contributed by atoms with van der Waals surface area (Å²) in [6.07, 6.45) is 1.78. The predicted octanol–water partition coefficient (Wildman–Crippen LogP) is 1.96. The Kier molecular flexibility index (Phi) is 2.83. The molecule has 0 radical (unpaired) electrons. The first-order chi connectivity index (χ1) is 7.25. The van der Waals surface area contributed by atoms with Crippen molar-refractivity contribution in [2.24, 2.45) is 5.73 Å². The molecule has 2 rings (SSSR count). The van der Waals surface area contributed by atoms with Gasteiger partial charge in [-0.15, -0.1) is 0 Å². The first-order valence-corrected chi connectivity index (χ1v) is 4.99. The molecule has 0 amide bonds. The molecule has 78 valence electrons. The van der Waals surface area contributed by atoms with E-state index in [-0.39, 0.29) is 6.04 Å². The predicted molar refractivity (Wildman–Crippen MR) is 60.9 cm³/mol. The number of rotatable bonds is 3. The number of aromatic nitrogens is 1. The molecule has 1 heterocycles. The van der Waals surface area contributed by atoms with Gasteiger partial charge in [0.2, 0.25) is 0 Å².